The number of benzene rings is 2. The maximum absolute atomic E-state index is 12.6. The first-order valence-corrected chi connectivity index (χ1v) is 8.38. The Bertz CT molecular complexity index is 845. The molecular weight excluding hydrogens is 332 g/mol. The van der Waals surface area contributed by atoms with E-state index in [0.717, 1.165) is 17.7 Å². The van der Waals surface area contributed by atoms with Crippen molar-refractivity contribution in [1.29, 1.82) is 0 Å². The van der Waals surface area contributed by atoms with Gasteiger partial charge in [-0.2, -0.15) is 0 Å². The molecule has 0 spiro atoms. The van der Waals surface area contributed by atoms with Crippen molar-refractivity contribution in [1.82, 2.24) is 0 Å². The van der Waals surface area contributed by atoms with Gasteiger partial charge in [-0.05, 0) is 49.2 Å². The number of ether oxygens (including phenoxy) is 1. The summed E-state index contributed by atoms with van der Waals surface area (Å²) in [5.74, 6) is -1.07. The lowest BCUT2D eigenvalue weighted by Gasteiger charge is -2.22. The number of esters is 1. The molecule has 0 saturated heterocycles. The number of hydrogen-bond acceptors (Lipinski definition) is 4. The fourth-order valence-corrected chi connectivity index (χ4v) is 3.18. The lowest BCUT2D eigenvalue weighted by Crippen LogP contribution is -2.37. The number of methoxy groups -OCH3 is 1. The maximum Gasteiger partial charge on any atom is 0.337 e. The summed E-state index contributed by atoms with van der Waals surface area (Å²) in [5.41, 5.74) is 2.90. The minimum Gasteiger partial charge on any atom is -0.465 e. The number of para-hydroxylation sites is 1. The van der Waals surface area contributed by atoms with Crippen LogP contribution in [0.15, 0.2) is 48.5 Å². The Morgan fingerprint density at radius 2 is 1.81 bits per heavy atom. The first-order chi connectivity index (χ1) is 12.5. The van der Waals surface area contributed by atoms with Crippen molar-refractivity contribution < 1.29 is 19.1 Å². The third-order valence-corrected chi connectivity index (χ3v) is 4.38. The summed E-state index contributed by atoms with van der Waals surface area (Å²) in [4.78, 5) is 37.9. The zero-order valence-corrected chi connectivity index (χ0v) is 14.7. The molecule has 2 aromatic rings. The predicted molar refractivity (Wildman–Crippen MR) is 98.1 cm³/mol. The zero-order valence-electron chi connectivity index (χ0n) is 14.7. The normalized spacial score (nSPS) is 15.3. The first kappa shape index (κ1) is 17.7. The van der Waals surface area contributed by atoms with Crippen molar-refractivity contribution in [2.45, 2.75) is 25.8 Å². The second-order valence-corrected chi connectivity index (χ2v) is 6.24. The summed E-state index contributed by atoms with van der Waals surface area (Å²) in [6.07, 6.45) is 0.552. The molecule has 3 rings (SSSR count). The monoisotopic (exact) mass is 352 g/mol. The summed E-state index contributed by atoms with van der Waals surface area (Å²) in [6, 6.07) is 14.1. The maximum atomic E-state index is 12.6. The largest absolute Gasteiger partial charge is 0.465 e. The van der Waals surface area contributed by atoms with Crippen LogP contribution >= 0.6 is 0 Å². The fourth-order valence-electron chi connectivity index (χ4n) is 3.18. The lowest BCUT2D eigenvalue weighted by molar-refractivity contribution is -0.125. The van der Waals surface area contributed by atoms with Gasteiger partial charge in [0, 0.05) is 17.4 Å². The molecule has 1 heterocycles. The number of anilines is 2. The van der Waals surface area contributed by atoms with Crippen LogP contribution in [0.4, 0.5) is 11.4 Å². The van der Waals surface area contributed by atoms with Gasteiger partial charge in [-0.3, -0.25) is 9.59 Å². The molecule has 6 heteroatoms. The van der Waals surface area contributed by atoms with Gasteiger partial charge < -0.3 is 15.0 Å². The molecule has 1 aliphatic rings. The van der Waals surface area contributed by atoms with Gasteiger partial charge in [-0.25, -0.2) is 4.79 Å². The summed E-state index contributed by atoms with van der Waals surface area (Å²) in [5, 5.41) is 2.68. The van der Waals surface area contributed by atoms with Crippen LogP contribution in [0.5, 0.6) is 0 Å². The molecule has 0 aromatic heterocycles. The Morgan fingerprint density at radius 3 is 2.50 bits per heavy atom. The van der Waals surface area contributed by atoms with E-state index in [1.54, 1.807) is 29.2 Å². The number of carbonyl (C=O) groups is 3. The first-order valence-electron chi connectivity index (χ1n) is 8.38. The standard InChI is InChI=1S/C20H20N2O4/c1-13-11-15-5-3-4-6-17(15)22(13)19(24)12-18(23)21-16-9-7-14(8-10-16)20(25)26-2/h3-10,13H,11-12H2,1-2H3,(H,21,23). The SMILES string of the molecule is COC(=O)c1ccc(NC(=O)CC(=O)N2c3ccccc3CC2C)cc1. The molecule has 1 atom stereocenters. The Balaban J connectivity index is 1.63. The topological polar surface area (TPSA) is 75.7 Å². The highest BCUT2D eigenvalue weighted by molar-refractivity contribution is 6.10. The number of carbonyl (C=O) groups excluding carboxylic acids is 3. The number of rotatable bonds is 4. The van der Waals surface area contributed by atoms with E-state index in [1.807, 2.05) is 31.2 Å². The van der Waals surface area contributed by atoms with Crippen LogP contribution in [-0.2, 0) is 20.7 Å². The van der Waals surface area contributed by atoms with E-state index in [0.29, 0.717) is 11.3 Å². The van der Waals surface area contributed by atoms with Gasteiger partial charge in [-0.1, -0.05) is 18.2 Å². The van der Waals surface area contributed by atoms with E-state index in [9.17, 15) is 14.4 Å². The van der Waals surface area contributed by atoms with Gasteiger partial charge in [0.05, 0.1) is 12.7 Å². The minimum absolute atomic E-state index is 0.0343. The van der Waals surface area contributed by atoms with E-state index < -0.39 is 11.9 Å². The molecule has 0 aliphatic carbocycles. The quantitative estimate of drug-likeness (QED) is 0.678. The van der Waals surface area contributed by atoms with Crippen LogP contribution in [0.3, 0.4) is 0 Å². The van der Waals surface area contributed by atoms with Gasteiger partial charge in [0.25, 0.3) is 0 Å². The average molecular weight is 352 g/mol. The number of nitrogens with one attached hydrogen (secondary N) is 1. The second kappa shape index (κ2) is 7.39. The van der Waals surface area contributed by atoms with Crippen LogP contribution in [-0.4, -0.2) is 30.9 Å². The molecule has 0 radical (unpaired) electrons. The predicted octanol–water partition coefficient (Wildman–Crippen LogP) is 2.78. The van der Waals surface area contributed by atoms with Crippen LogP contribution < -0.4 is 10.2 Å². The van der Waals surface area contributed by atoms with Crippen molar-refractivity contribution in [3.05, 3.63) is 59.7 Å². The highest BCUT2D eigenvalue weighted by Gasteiger charge is 2.31. The van der Waals surface area contributed by atoms with Crippen molar-refractivity contribution >= 4 is 29.2 Å². The van der Waals surface area contributed by atoms with E-state index in [2.05, 4.69) is 10.1 Å². The van der Waals surface area contributed by atoms with Crippen LogP contribution in [0, 0.1) is 0 Å². The van der Waals surface area contributed by atoms with Crippen molar-refractivity contribution in [3.63, 3.8) is 0 Å². The highest BCUT2D eigenvalue weighted by atomic mass is 16.5. The number of hydrogen-bond donors (Lipinski definition) is 1. The molecule has 1 aliphatic heterocycles. The smallest absolute Gasteiger partial charge is 0.337 e. The Kier molecular flexibility index (Phi) is 5.02. The van der Waals surface area contributed by atoms with Crippen LogP contribution in [0.1, 0.15) is 29.3 Å². The van der Waals surface area contributed by atoms with E-state index >= 15 is 0 Å². The van der Waals surface area contributed by atoms with Gasteiger partial charge in [0.15, 0.2) is 0 Å². The van der Waals surface area contributed by atoms with Gasteiger partial charge in [-0.15, -0.1) is 0 Å². The third-order valence-electron chi connectivity index (χ3n) is 4.38. The van der Waals surface area contributed by atoms with E-state index in [1.165, 1.54) is 7.11 Å². The highest BCUT2D eigenvalue weighted by Crippen LogP contribution is 2.32. The summed E-state index contributed by atoms with van der Waals surface area (Å²) >= 11 is 0. The van der Waals surface area contributed by atoms with Crippen molar-refractivity contribution in [2.24, 2.45) is 0 Å². The minimum atomic E-state index is -0.445. The van der Waals surface area contributed by atoms with Crippen LogP contribution in [0.25, 0.3) is 0 Å². The Labute approximate surface area is 151 Å². The molecule has 0 saturated carbocycles. The van der Waals surface area contributed by atoms with Crippen molar-refractivity contribution in [2.75, 3.05) is 17.3 Å². The molecule has 26 heavy (non-hydrogen) atoms. The molecule has 2 amide bonds. The average Bonchev–Trinajstić information content (AvgIpc) is 2.97. The Hall–Kier alpha value is -3.15. The molecule has 134 valence electrons. The lowest BCUT2D eigenvalue weighted by atomic mass is 10.1. The molecule has 0 bridgehead atoms. The van der Waals surface area contributed by atoms with Crippen molar-refractivity contribution in [3.8, 4) is 0 Å². The molecule has 0 fully saturated rings. The number of nitrogens with zero attached hydrogens (tertiary/aromatic N) is 1. The van der Waals surface area contributed by atoms with Gasteiger partial charge >= 0.3 is 5.97 Å². The number of fused-ring (bicyclic) bond motifs is 1. The molecule has 1 N–H and O–H groups in total. The molecule has 1 unspecified atom stereocenters. The summed E-state index contributed by atoms with van der Waals surface area (Å²) in [7, 11) is 1.31. The van der Waals surface area contributed by atoms with E-state index in [4.69, 9.17) is 0 Å². The van der Waals surface area contributed by atoms with Crippen LogP contribution in [0.2, 0.25) is 0 Å². The van der Waals surface area contributed by atoms with E-state index in [-0.39, 0.29) is 18.4 Å². The molecule has 6 nitrogen and oxygen atoms in total. The zero-order chi connectivity index (χ0) is 18.7. The number of amides is 2. The third kappa shape index (κ3) is 3.59. The van der Waals surface area contributed by atoms with Gasteiger partial charge in [0.2, 0.25) is 11.8 Å². The molecule has 2 aromatic carbocycles. The van der Waals surface area contributed by atoms with Gasteiger partial charge in [0.1, 0.15) is 6.42 Å². The fraction of sp³-hybridized carbons (Fsp3) is 0.250. The Morgan fingerprint density at radius 1 is 1.12 bits per heavy atom. The summed E-state index contributed by atoms with van der Waals surface area (Å²) < 4.78 is 4.63. The molecular formula is C20H20N2O4. The second-order valence-electron chi connectivity index (χ2n) is 6.24. The summed E-state index contributed by atoms with van der Waals surface area (Å²) in [6.45, 7) is 1.97.